The lowest BCUT2D eigenvalue weighted by atomic mass is 9.98. The van der Waals surface area contributed by atoms with Gasteiger partial charge in [0.15, 0.2) is 0 Å². The smallest absolute Gasteiger partial charge is 0.262 e. The third-order valence-corrected chi connectivity index (χ3v) is 5.38. The van der Waals surface area contributed by atoms with E-state index in [4.69, 9.17) is 4.74 Å². The maximum Gasteiger partial charge on any atom is 0.262 e. The lowest BCUT2D eigenvalue weighted by molar-refractivity contribution is -0.133. The van der Waals surface area contributed by atoms with Crippen molar-refractivity contribution in [1.82, 2.24) is 20.0 Å². The number of piperidine rings is 1. The molecule has 1 fully saturated rings. The van der Waals surface area contributed by atoms with Crippen molar-refractivity contribution in [2.75, 3.05) is 26.2 Å². The lowest BCUT2D eigenvalue weighted by Crippen LogP contribution is -2.46. The molecule has 2 aliphatic rings. The average Bonchev–Trinajstić information content (AvgIpc) is 2.99. The number of imide groups is 1. The number of rotatable bonds is 5. The summed E-state index contributed by atoms with van der Waals surface area (Å²) in [6, 6.07) is 10.3. The molecule has 0 unspecified atom stereocenters. The van der Waals surface area contributed by atoms with Gasteiger partial charge in [0.05, 0.1) is 23.4 Å². The zero-order valence-corrected chi connectivity index (χ0v) is 16.2. The first-order chi connectivity index (χ1) is 14.0. The number of aryl methyl sites for hydroxylation is 1. The molecule has 3 heterocycles. The highest BCUT2D eigenvalue weighted by Crippen LogP contribution is 2.23. The highest BCUT2D eigenvalue weighted by molar-refractivity contribution is 6.22. The number of aromatic nitrogens is 2. The molecule has 3 amide bonds. The Bertz CT molecular complexity index is 901. The van der Waals surface area contributed by atoms with Crippen molar-refractivity contribution in [3.63, 3.8) is 0 Å². The number of nitrogens with zero attached hydrogens (tertiary/aromatic N) is 4. The highest BCUT2D eigenvalue weighted by atomic mass is 16.5. The third-order valence-electron chi connectivity index (χ3n) is 5.38. The summed E-state index contributed by atoms with van der Waals surface area (Å²) in [6.07, 6.45) is 1.60. The first-order valence-corrected chi connectivity index (χ1v) is 9.69. The van der Waals surface area contributed by atoms with E-state index in [1.807, 2.05) is 13.0 Å². The number of hydrogen-bond donors (Lipinski definition) is 0. The van der Waals surface area contributed by atoms with Gasteiger partial charge < -0.3 is 9.64 Å². The van der Waals surface area contributed by atoms with Crippen molar-refractivity contribution in [3.05, 3.63) is 53.2 Å². The van der Waals surface area contributed by atoms with E-state index in [0.717, 1.165) is 23.4 Å². The number of fused-ring (bicyclic) bond motifs is 1. The van der Waals surface area contributed by atoms with Gasteiger partial charge in [0, 0.05) is 19.2 Å². The molecule has 0 radical (unpaired) electrons. The molecule has 0 atom stereocenters. The number of carbonyl (C=O) groups excluding carboxylic acids is 3. The zero-order chi connectivity index (χ0) is 20.4. The molecule has 8 heteroatoms. The van der Waals surface area contributed by atoms with Gasteiger partial charge in [-0.15, -0.1) is 5.10 Å². The van der Waals surface area contributed by atoms with E-state index in [0.29, 0.717) is 42.6 Å². The minimum Gasteiger partial charge on any atom is -0.476 e. The molecule has 0 aliphatic carbocycles. The van der Waals surface area contributed by atoms with Crippen LogP contribution in [0.2, 0.25) is 0 Å². The van der Waals surface area contributed by atoms with Crippen molar-refractivity contribution < 1.29 is 19.1 Å². The fraction of sp³-hybridized carbons (Fsp3) is 0.381. The molecule has 4 rings (SSSR count). The van der Waals surface area contributed by atoms with E-state index in [2.05, 4.69) is 10.2 Å². The molecule has 2 aliphatic heterocycles. The number of ether oxygens (including phenoxy) is 1. The van der Waals surface area contributed by atoms with E-state index < -0.39 is 11.8 Å². The van der Waals surface area contributed by atoms with Gasteiger partial charge in [-0.2, -0.15) is 5.10 Å². The van der Waals surface area contributed by atoms with Gasteiger partial charge in [0.2, 0.25) is 11.8 Å². The van der Waals surface area contributed by atoms with Gasteiger partial charge in [-0.1, -0.05) is 12.1 Å². The third kappa shape index (κ3) is 3.96. The van der Waals surface area contributed by atoms with Crippen LogP contribution in [0.1, 0.15) is 39.3 Å². The van der Waals surface area contributed by atoms with E-state index in [-0.39, 0.29) is 12.5 Å². The second-order valence-corrected chi connectivity index (χ2v) is 7.39. The standard InChI is InChI=1S/C21H22N4O4/c1-14-6-7-18(23-22-14)29-13-15-8-10-24(11-9-15)19(26)12-25-20(27)16-4-2-3-5-17(16)21(25)28/h2-7,15H,8-13H2,1H3. The van der Waals surface area contributed by atoms with E-state index in [1.165, 1.54) is 0 Å². The van der Waals surface area contributed by atoms with Crippen LogP contribution in [-0.4, -0.2) is 64.0 Å². The minimum absolute atomic E-state index is 0.205. The van der Waals surface area contributed by atoms with Crippen LogP contribution in [0.15, 0.2) is 36.4 Å². The molecule has 1 aromatic carbocycles. The monoisotopic (exact) mass is 394 g/mol. The van der Waals surface area contributed by atoms with Crippen molar-refractivity contribution >= 4 is 17.7 Å². The molecule has 0 bridgehead atoms. The summed E-state index contributed by atoms with van der Waals surface area (Å²) < 4.78 is 5.69. The van der Waals surface area contributed by atoms with Crippen molar-refractivity contribution in [2.24, 2.45) is 5.92 Å². The maximum atomic E-state index is 12.6. The quantitative estimate of drug-likeness (QED) is 0.717. The van der Waals surface area contributed by atoms with E-state index in [1.54, 1.807) is 35.2 Å². The van der Waals surface area contributed by atoms with Crippen LogP contribution in [-0.2, 0) is 4.79 Å². The topological polar surface area (TPSA) is 92.7 Å². The van der Waals surface area contributed by atoms with Gasteiger partial charge in [0.25, 0.3) is 11.8 Å². The van der Waals surface area contributed by atoms with Crippen LogP contribution >= 0.6 is 0 Å². The van der Waals surface area contributed by atoms with Crippen molar-refractivity contribution in [3.8, 4) is 5.88 Å². The fourth-order valence-corrected chi connectivity index (χ4v) is 3.63. The van der Waals surface area contributed by atoms with Crippen LogP contribution in [0.25, 0.3) is 0 Å². The Kier molecular flexibility index (Phi) is 5.24. The largest absolute Gasteiger partial charge is 0.476 e. The average molecular weight is 394 g/mol. The number of benzene rings is 1. The van der Waals surface area contributed by atoms with E-state index >= 15 is 0 Å². The first-order valence-electron chi connectivity index (χ1n) is 9.69. The molecule has 2 aromatic rings. The molecule has 0 N–H and O–H groups in total. The molecule has 150 valence electrons. The van der Waals surface area contributed by atoms with Gasteiger partial charge in [0.1, 0.15) is 6.54 Å². The number of amides is 3. The Balaban J connectivity index is 1.27. The maximum absolute atomic E-state index is 12.6. The molecular formula is C21H22N4O4. The number of hydrogen-bond acceptors (Lipinski definition) is 6. The SMILES string of the molecule is Cc1ccc(OCC2CCN(C(=O)CN3C(=O)c4ccccc4C3=O)CC2)nn1. The zero-order valence-electron chi connectivity index (χ0n) is 16.2. The highest BCUT2D eigenvalue weighted by Gasteiger charge is 2.37. The summed E-state index contributed by atoms with van der Waals surface area (Å²) in [5, 5.41) is 7.95. The summed E-state index contributed by atoms with van der Waals surface area (Å²) in [4.78, 5) is 40.2. The molecule has 29 heavy (non-hydrogen) atoms. The van der Waals surface area contributed by atoms with Gasteiger partial charge in [-0.05, 0) is 43.9 Å². The number of carbonyl (C=O) groups is 3. The summed E-state index contributed by atoms with van der Waals surface area (Å²) in [5.74, 6) is -0.188. The first kappa shape index (κ1) is 19.0. The Morgan fingerprint density at radius 3 is 2.28 bits per heavy atom. The van der Waals surface area contributed by atoms with Crippen LogP contribution in [0.3, 0.4) is 0 Å². The molecule has 1 aromatic heterocycles. The van der Waals surface area contributed by atoms with Crippen molar-refractivity contribution in [1.29, 1.82) is 0 Å². The van der Waals surface area contributed by atoms with Crippen LogP contribution < -0.4 is 4.74 Å². The molecular weight excluding hydrogens is 372 g/mol. The summed E-state index contributed by atoms with van der Waals surface area (Å²) in [7, 11) is 0. The summed E-state index contributed by atoms with van der Waals surface area (Å²) >= 11 is 0. The fourth-order valence-electron chi connectivity index (χ4n) is 3.63. The van der Waals surface area contributed by atoms with Crippen LogP contribution in [0, 0.1) is 12.8 Å². The Morgan fingerprint density at radius 1 is 1.03 bits per heavy atom. The van der Waals surface area contributed by atoms with Crippen LogP contribution in [0.5, 0.6) is 5.88 Å². The van der Waals surface area contributed by atoms with Crippen LogP contribution in [0.4, 0.5) is 0 Å². The second kappa shape index (κ2) is 7.98. The predicted molar refractivity (Wildman–Crippen MR) is 103 cm³/mol. The summed E-state index contributed by atoms with van der Waals surface area (Å²) in [5.41, 5.74) is 1.56. The Morgan fingerprint density at radius 2 is 1.69 bits per heavy atom. The second-order valence-electron chi connectivity index (χ2n) is 7.39. The Labute approximate surface area is 168 Å². The van der Waals surface area contributed by atoms with E-state index in [9.17, 15) is 14.4 Å². The molecule has 0 spiro atoms. The number of likely N-dealkylation sites (tertiary alicyclic amines) is 1. The van der Waals surface area contributed by atoms with Gasteiger partial charge in [-0.25, -0.2) is 0 Å². The van der Waals surface area contributed by atoms with Gasteiger partial charge >= 0.3 is 0 Å². The molecule has 1 saturated heterocycles. The lowest BCUT2D eigenvalue weighted by Gasteiger charge is -2.32. The molecule has 8 nitrogen and oxygen atoms in total. The predicted octanol–water partition coefficient (Wildman–Crippen LogP) is 1.70. The van der Waals surface area contributed by atoms with Crippen molar-refractivity contribution in [2.45, 2.75) is 19.8 Å². The molecule has 0 saturated carbocycles. The normalized spacial score (nSPS) is 16.9. The van der Waals surface area contributed by atoms with Gasteiger partial charge in [-0.3, -0.25) is 19.3 Å². The minimum atomic E-state index is -0.401. The summed E-state index contributed by atoms with van der Waals surface area (Å²) in [6.45, 7) is 3.33. The Hall–Kier alpha value is -3.29.